The molecule has 2 aromatic rings. The van der Waals surface area contributed by atoms with E-state index in [9.17, 15) is 9.18 Å². The Morgan fingerprint density at radius 2 is 2.32 bits per heavy atom. The Morgan fingerprint density at radius 3 is 3.00 bits per heavy atom. The van der Waals surface area contributed by atoms with Crippen LogP contribution in [0.5, 0.6) is 0 Å². The van der Waals surface area contributed by atoms with Crippen LogP contribution in [0.2, 0.25) is 5.02 Å². The predicted molar refractivity (Wildman–Crippen MR) is 83.7 cm³/mol. The molecule has 0 radical (unpaired) electrons. The summed E-state index contributed by atoms with van der Waals surface area (Å²) in [5.41, 5.74) is 1.42. The fourth-order valence-electron chi connectivity index (χ4n) is 2.25. The molecule has 1 amide bonds. The molecular weight excluding hydrogens is 327 g/mol. The average Bonchev–Trinajstić information content (AvgIpc) is 3.09. The van der Waals surface area contributed by atoms with E-state index in [1.807, 2.05) is 7.05 Å². The van der Waals surface area contributed by atoms with Gasteiger partial charge in [0, 0.05) is 19.3 Å². The molecule has 1 unspecified atom stereocenters. The Kier molecular flexibility index (Phi) is 4.35. The molecule has 22 heavy (non-hydrogen) atoms. The molecule has 0 saturated carbocycles. The van der Waals surface area contributed by atoms with E-state index in [1.54, 1.807) is 33.6 Å². The standard InChI is InChI=1S/C14H14ClFN4OS/c1-19-5-4-13(14(19)21)22-8-9-7-20(18-17-9)10-2-3-12(16)11(15)6-10/h2-3,6-7,13H,4-5,8H2,1H3. The molecule has 0 aliphatic carbocycles. The Labute approximate surface area is 136 Å². The van der Waals surface area contributed by atoms with Crippen molar-refractivity contribution >= 4 is 29.3 Å². The van der Waals surface area contributed by atoms with Gasteiger partial charge in [-0.3, -0.25) is 4.79 Å². The molecule has 8 heteroatoms. The van der Waals surface area contributed by atoms with E-state index in [1.165, 1.54) is 12.1 Å². The van der Waals surface area contributed by atoms with Crippen molar-refractivity contribution in [3.63, 3.8) is 0 Å². The Balaban J connectivity index is 1.66. The summed E-state index contributed by atoms with van der Waals surface area (Å²) in [5, 5.41) is 8.13. The fourth-order valence-corrected chi connectivity index (χ4v) is 3.52. The second-order valence-corrected chi connectivity index (χ2v) is 6.70. The maximum Gasteiger partial charge on any atom is 0.235 e. The minimum atomic E-state index is -0.467. The van der Waals surface area contributed by atoms with Crippen molar-refractivity contribution < 1.29 is 9.18 Å². The summed E-state index contributed by atoms with van der Waals surface area (Å²) in [5.74, 6) is 0.312. The summed E-state index contributed by atoms with van der Waals surface area (Å²) in [6.45, 7) is 0.803. The van der Waals surface area contributed by atoms with Gasteiger partial charge in [0.2, 0.25) is 5.91 Å². The molecule has 1 aromatic carbocycles. The first kappa shape index (κ1) is 15.3. The SMILES string of the molecule is CN1CCC(SCc2cn(-c3ccc(F)c(Cl)c3)nn2)C1=O. The number of likely N-dealkylation sites (tertiary alicyclic amines) is 1. The van der Waals surface area contributed by atoms with Gasteiger partial charge in [0.1, 0.15) is 5.82 Å². The van der Waals surface area contributed by atoms with Crippen LogP contribution in [0.25, 0.3) is 5.69 Å². The number of benzene rings is 1. The summed E-state index contributed by atoms with van der Waals surface area (Å²) < 4.78 is 14.7. The van der Waals surface area contributed by atoms with Crippen LogP contribution < -0.4 is 0 Å². The molecule has 116 valence electrons. The zero-order valence-corrected chi connectivity index (χ0v) is 13.4. The van der Waals surface area contributed by atoms with E-state index in [-0.39, 0.29) is 16.2 Å². The second kappa shape index (κ2) is 6.26. The second-order valence-electron chi connectivity index (χ2n) is 5.10. The van der Waals surface area contributed by atoms with E-state index in [4.69, 9.17) is 11.6 Å². The van der Waals surface area contributed by atoms with Gasteiger partial charge in [-0.05, 0) is 24.6 Å². The molecule has 1 fully saturated rings. The molecular formula is C14H14ClFN4OS. The summed E-state index contributed by atoms with van der Waals surface area (Å²) in [6.07, 6.45) is 2.63. The zero-order chi connectivity index (χ0) is 15.7. The third kappa shape index (κ3) is 3.10. The van der Waals surface area contributed by atoms with Crippen LogP contribution in [0, 0.1) is 5.82 Å². The maximum absolute atomic E-state index is 13.2. The highest BCUT2D eigenvalue weighted by molar-refractivity contribution is 7.99. The van der Waals surface area contributed by atoms with Gasteiger partial charge in [0.15, 0.2) is 0 Å². The number of rotatable bonds is 4. The van der Waals surface area contributed by atoms with Crippen molar-refractivity contribution in [3.05, 3.63) is 40.9 Å². The molecule has 0 bridgehead atoms. The first-order chi connectivity index (χ1) is 10.5. The molecule has 5 nitrogen and oxygen atoms in total. The number of hydrogen-bond donors (Lipinski definition) is 0. The van der Waals surface area contributed by atoms with Crippen molar-refractivity contribution in [2.24, 2.45) is 0 Å². The zero-order valence-electron chi connectivity index (χ0n) is 11.9. The topological polar surface area (TPSA) is 51.0 Å². The third-order valence-electron chi connectivity index (χ3n) is 3.52. The molecule has 1 aliphatic rings. The van der Waals surface area contributed by atoms with Crippen molar-refractivity contribution in [2.45, 2.75) is 17.4 Å². The van der Waals surface area contributed by atoms with E-state index in [2.05, 4.69) is 10.3 Å². The Bertz CT molecular complexity index is 708. The van der Waals surface area contributed by atoms with E-state index in [0.29, 0.717) is 11.4 Å². The normalized spacial score (nSPS) is 18.2. The van der Waals surface area contributed by atoms with Gasteiger partial charge in [-0.15, -0.1) is 16.9 Å². The lowest BCUT2D eigenvalue weighted by Crippen LogP contribution is -2.23. The summed E-state index contributed by atoms with van der Waals surface area (Å²) in [4.78, 5) is 13.6. The Morgan fingerprint density at radius 1 is 1.50 bits per heavy atom. The highest BCUT2D eigenvalue weighted by atomic mass is 35.5. The number of aromatic nitrogens is 3. The maximum atomic E-state index is 13.2. The number of thioether (sulfide) groups is 1. The van der Waals surface area contributed by atoms with E-state index in [0.717, 1.165) is 18.7 Å². The number of nitrogens with zero attached hydrogens (tertiary/aromatic N) is 4. The fraction of sp³-hybridized carbons (Fsp3) is 0.357. The lowest BCUT2D eigenvalue weighted by atomic mass is 10.3. The van der Waals surface area contributed by atoms with Crippen LogP contribution >= 0.6 is 23.4 Å². The molecule has 1 saturated heterocycles. The van der Waals surface area contributed by atoms with Gasteiger partial charge in [-0.25, -0.2) is 9.07 Å². The predicted octanol–water partition coefficient (Wildman–Crippen LogP) is 2.52. The van der Waals surface area contributed by atoms with Crippen molar-refractivity contribution in [3.8, 4) is 5.69 Å². The molecule has 1 aromatic heterocycles. The highest BCUT2D eigenvalue weighted by Gasteiger charge is 2.29. The van der Waals surface area contributed by atoms with Gasteiger partial charge in [0.05, 0.1) is 27.9 Å². The average molecular weight is 341 g/mol. The van der Waals surface area contributed by atoms with Crippen LogP contribution in [-0.4, -0.2) is 44.6 Å². The number of carbonyl (C=O) groups is 1. The number of hydrogen-bond acceptors (Lipinski definition) is 4. The smallest absolute Gasteiger partial charge is 0.235 e. The van der Waals surface area contributed by atoms with E-state index >= 15 is 0 Å². The van der Waals surface area contributed by atoms with Crippen LogP contribution in [0.4, 0.5) is 4.39 Å². The quantitative estimate of drug-likeness (QED) is 0.858. The van der Waals surface area contributed by atoms with Crippen LogP contribution in [-0.2, 0) is 10.5 Å². The first-order valence-corrected chi connectivity index (χ1v) is 8.20. The van der Waals surface area contributed by atoms with Crippen LogP contribution in [0.1, 0.15) is 12.1 Å². The highest BCUT2D eigenvalue weighted by Crippen LogP contribution is 2.26. The molecule has 0 N–H and O–H groups in total. The molecule has 1 atom stereocenters. The van der Waals surface area contributed by atoms with Gasteiger partial charge in [0.25, 0.3) is 0 Å². The van der Waals surface area contributed by atoms with Crippen molar-refractivity contribution in [1.82, 2.24) is 19.9 Å². The molecule has 2 heterocycles. The number of amides is 1. The number of carbonyl (C=O) groups excluding carboxylic acids is 1. The first-order valence-electron chi connectivity index (χ1n) is 6.78. The molecule has 1 aliphatic heterocycles. The van der Waals surface area contributed by atoms with Crippen molar-refractivity contribution in [2.75, 3.05) is 13.6 Å². The minimum absolute atomic E-state index is 0.00424. The lowest BCUT2D eigenvalue weighted by molar-refractivity contribution is -0.126. The van der Waals surface area contributed by atoms with E-state index < -0.39 is 5.82 Å². The monoisotopic (exact) mass is 340 g/mol. The minimum Gasteiger partial charge on any atom is -0.345 e. The summed E-state index contributed by atoms with van der Waals surface area (Å²) in [7, 11) is 1.82. The summed E-state index contributed by atoms with van der Waals surface area (Å²) in [6, 6.07) is 4.38. The molecule has 3 rings (SSSR count). The molecule has 0 spiro atoms. The largest absolute Gasteiger partial charge is 0.345 e. The van der Waals surface area contributed by atoms with Gasteiger partial charge < -0.3 is 4.90 Å². The van der Waals surface area contributed by atoms with Crippen LogP contribution in [0.15, 0.2) is 24.4 Å². The number of halogens is 2. The Hall–Kier alpha value is -1.60. The lowest BCUT2D eigenvalue weighted by Gasteiger charge is -2.08. The van der Waals surface area contributed by atoms with Gasteiger partial charge in [-0.1, -0.05) is 16.8 Å². The van der Waals surface area contributed by atoms with Gasteiger partial charge >= 0.3 is 0 Å². The van der Waals surface area contributed by atoms with Crippen LogP contribution in [0.3, 0.4) is 0 Å². The van der Waals surface area contributed by atoms with Crippen molar-refractivity contribution in [1.29, 1.82) is 0 Å². The summed E-state index contributed by atoms with van der Waals surface area (Å²) >= 11 is 7.33. The van der Waals surface area contributed by atoms with Gasteiger partial charge in [-0.2, -0.15) is 0 Å². The third-order valence-corrected chi connectivity index (χ3v) is 5.11.